The first-order valence-electron chi connectivity index (χ1n) is 23.0. The monoisotopic (exact) mass is 725 g/mol. The summed E-state index contributed by atoms with van der Waals surface area (Å²) in [6.07, 6.45) is 0. The minimum atomic E-state index is -0.604. The normalized spacial score (nSPS) is 14.1. The third kappa shape index (κ3) is 5.29. The van der Waals surface area contributed by atoms with Gasteiger partial charge in [-0.3, -0.25) is 0 Å². The average molecular weight is 726 g/mol. The van der Waals surface area contributed by atoms with Crippen LogP contribution in [0.3, 0.4) is 0 Å². The van der Waals surface area contributed by atoms with E-state index in [0.29, 0.717) is 5.56 Å². The zero-order valence-electron chi connectivity index (χ0n) is 39.5. The smallest absolute Gasteiger partial charge is 0.164 e. The van der Waals surface area contributed by atoms with Crippen molar-refractivity contribution in [3.05, 3.63) is 200 Å². The zero-order valence-corrected chi connectivity index (χ0v) is 29.5. The summed E-state index contributed by atoms with van der Waals surface area (Å²) < 4.78 is 88.6. The van der Waals surface area contributed by atoms with Crippen molar-refractivity contribution in [3.8, 4) is 56.7 Å². The molecule has 0 spiro atoms. The largest absolute Gasteiger partial charge is 0.309 e. The summed E-state index contributed by atoms with van der Waals surface area (Å²) in [5.74, 6) is -0.639. The van der Waals surface area contributed by atoms with Gasteiger partial charge in [0, 0.05) is 49.6 Å². The zero-order chi connectivity index (χ0) is 45.7. The van der Waals surface area contributed by atoms with Gasteiger partial charge in [0.05, 0.1) is 35.8 Å². The fourth-order valence-corrected chi connectivity index (χ4v) is 7.65. The van der Waals surface area contributed by atoms with E-state index in [0.717, 1.165) is 60.7 Å². The lowest BCUT2D eigenvalue weighted by Gasteiger charge is -2.11. The molecule has 0 aliphatic heterocycles. The summed E-state index contributed by atoms with van der Waals surface area (Å²) in [6.45, 7) is 0. The molecule has 0 saturated heterocycles. The van der Waals surface area contributed by atoms with Crippen LogP contribution in [0.1, 0.15) is 13.7 Å². The van der Waals surface area contributed by atoms with E-state index in [1.165, 1.54) is 5.39 Å². The van der Waals surface area contributed by atoms with Crippen molar-refractivity contribution >= 4 is 43.6 Å². The van der Waals surface area contributed by atoms with E-state index >= 15 is 0 Å². The van der Waals surface area contributed by atoms with E-state index in [-0.39, 0.29) is 28.6 Å². The van der Waals surface area contributed by atoms with Crippen molar-refractivity contribution < 1.29 is 13.7 Å². The first kappa shape index (κ1) is 23.2. The first-order chi connectivity index (χ1) is 31.9. The molecular formula is C51H33N5. The molecule has 5 heteroatoms. The predicted octanol–water partition coefficient (Wildman–Crippen LogP) is 12.7. The summed E-state index contributed by atoms with van der Waals surface area (Å²) >= 11 is 0. The Morgan fingerprint density at radius 3 is 1.21 bits per heavy atom. The lowest BCUT2D eigenvalue weighted by Crippen LogP contribution is -2.00. The molecule has 0 aliphatic rings. The number of nitrogens with zero attached hydrogens (tertiary/aromatic N) is 5. The second-order valence-electron chi connectivity index (χ2n) is 13.4. The molecule has 0 unspecified atom stereocenters. The van der Waals surface area contributed by atoms with Gasteiger partial charge in [0.15, 0.2) is 17.5 Å². The summed E-state index contributed by atoms with van der Waals surface area (Å²) in [6, 6.07) is 41.6. The number of hydrogen-bond acceptors (Lipinski definition) is 3. The quantitative estimate of drug-likeness (QED) is 0.171. The number of para-hydroxylation sites is 3. The Labute approximate surface area is 337 Å². The van der Waals surface area contributed by atoms with Crippen LogP contribution in [0.25, 0.3) is 100 Å². The molecule has 5 nitrogen and oxygen atoms in total. The van der Waals surface area contributed by atoms with E-state index in [1.807, 2.05) is 30.3 Å². The number of aromatic nitrogens is 5. The molecule has 0 N–H and O–H groups in total. The molecule has 0 saturated carbocycles. The molecule has 0 aliphatic carbocycles. The Hall–Kier alpha value is -7.63. The molecule has 8 aromatic carbocycles. The van der Waals surface area contributed by atoms with Crippen molar-refractivity contribution in [1.29, 1.82) is 0 Å². The third-order valence-corrected chi connectivity index (χ3v) is 10.2. The molecule has 3 aromatic heterocycles. The van der Waals surface area contributed by atoms with Gasteiger partial charge in [-0.05, 0) is 83.9 Å². The summed E-state index contributed by atoms with van der Waals surface area (Å²) in [5, 5.41) is 4.45. The van der Waals surface area contributed by atoms with Crippen molar-refractivity contribution in [2.75, 3.05) is 0 Å². The van der Waals surface area contributed by atoms with Crippen LogP contribution in [0.2, 0.25) is 0 Å². The van der Waals surface area contributed by atoms with E-state index in [2.05, 4.69) is 121 Å². The van der Waals surface area contributed by atoms with Crippen LogP contribution in [-0.2, 0) is 0 Å². The lowest BCUT2D eigenvalue weighted by atomic mass is 10.0. The Bertz CT molecular complexity index is 3680. The van der Waals surface area contributed by atoms with Gasteiger partial charge < -0.3 is 9.13 Å². The fraction of sp³-hybridized carbons (Fsp3) is 0. The number of fused-ring (bicyclic) bond motifs is 6. The van der Waals surface area contributed by atoms with Gasteiger partial charge in [-0.2, -0.15) is 0 Å². The predicted molar refractivity (Wildman–Crippen MR) is 230 cm³/mol. The topological polar surface area (TPSA) is 48.5 Å². The highest BCUT2D eigenvalue weighted by Crippen LogP contribution is 2.38. The van der Waals surface area contributed by atoms with Crippen LogP contribution >= 0.6 is 0 Å². The van der Waals surface area contributed by atoms with Gasteiger partial charge in [-0.15, -0.1) is 0 Å². The van der Waals surface area contributed by atoms with Crippen LogP contribution in [-0.4, -0.2) is 24.1 Å². The Kier molecular flexibility index (Phi) is 5.41. The molecule has 0 amide bonds. The Balaban J connectivity index is 1.04. The average Bonchev–Trinajstić information content (AvgIpc) is 3.86. The second kappa shape index (κ2) is 13.0. The molecule has 3 heterocycles. The molecule has 11 rings (SSSR count). The molecule has 0 bridgehead atoms. The summed E-state index contributed by atoms with van der Waals surface area (Å²) in [5.41, 5.74) is 8.09. The maximum atomic E-state index is 8.66. The van der Waals surface area contributed by atoms with Gasteiger partial charge in [0.2, 0.25) is 0 Å². The summed E-state index contributed by atoms with van der Waals surface area (Å²) in [4.78, 5) is 13.6. The molecule has 0 atom stereocenters. The van der Waals surface area contributed by atoms with Gasteiger partial charge in [-0.25, -0.2) is 15.0 Å². The van der Waals surface area contributed by atoms with Crippen molar-refractivity contribution in [2.45, 2.75) is 0 Å². The third-order valence-electron chi connectivity index (χ3n) is 10.2. The number of benzene rings is 8. The van der Waals surface area contributed by atoms with Gasteiger partial charge in [-0.1, -0.05) is 127 Å². The van der Waals surface area contributed by atoms with E-state index < -0.39 is 60.4 Å². The molecule has 11 aromatic rings. The minimum Gasteiger partial charge on any atom is -0.309 e. The van der Waals surface area contributed by atoms with Crippen LogP contribution in [0.4, 0.5) is 0 Å². The van der Waals surface area contributed by atoms with Gasteiger partial charge >= 0.3 is 0 Å². The molecule has 0 radical (unpaired) electrons. The Morgan fingerprint density at radius 1 is 0.321 bits per heavy atom. The molecule has 262 valence electrons. The van der Waals surface area contributed by atoms with Crippen molar-refractivity contribution in [3.63, 3.8) is 0 Å². The van der Waals surface area contributed by atoms with E-state index in [9.17, 15) is 0 Å². The minimum absolute atomic E-state index is 0.00380. The summed E-state index contributed by atoms with van der Waals surface area (Å²) in [7, 11) is 0. The van der Waals surface area contributed by atoms with Crippen LogP contribution < -0.4 is 0 Å². The highest BCUT2D eigenvalue weighted by molar-refractivity contribution is 6.12. The van der Waals surface area contributed by atoms with Crippen LogP contribution in [0, 0.1) is 0 Å². The standard InChI is InChI=1S/C51H33N5/c1-4-14-34(15-5-1)49-52-50(35-16-6-2-7-17-35)54-51(53-49)36-24-28-40(29-25-36)56-46-23-13-11-21-42(46)44-33-38(27-31-48(44)56)37-26-30-47-43(32-37)41-20-10-12-22-45(41)55(47)39-18-8-3-9-19-39/h1-33H/i1D,2D,4D,5D,6D,7D,14D,15D,16D,17D. The highest BCUT2D eigenvalue weighted by Gasteiger charge is 2.17. The van der Waals surface area contributed by atoms with Crippen molar-refractivity contribution in [1.82, 2.24) is 24.1 Å². The number of hydrogen-bond donors (Lipinski definition) is 0. The maximum Gasteiger partial charge on any atom is 0.164 e. The SMILES string of the molecule is [2H]c1c([2H])c([2H])c(-c2nc(-c3ccc(-n4c5ccccc5c5cc(-c6ccc7c(c6)c6ccccc6n7-c6ccccc6)ccc54)cc3)nc(-c3c([2H])c([2H])c([2H])c([2H])c3[2H])n2)c([2H])c1[2H]. The van der Waals surface area contributed by atoms with Gasteiger partial charge in [0.1, 0.15) is 0 Å². The molecule has 56 heavy (non-hydrogen) atoms. The first-order valence-corrected chi connectivity index (χ1v) is 18.0. The second-order valence-corrected chi connectivity index (χ2v) is 13.4. The van der Waals surface area contributed by atoms with E-state index in [4.69, 9.17) is 13.7 Å². The van der Waals surface area contributed by atoms with Crippen LogP contribution in [0.15, 0.2) is 200 Å². The molecular weight excluding hydrogens is 683 g/mol. The van der Waals surface area contributed by atoms with Crippen molar-refractivity contribution in [2.24, 2.45) is 0 Å². The van der Waals surface area contributed by atoms with E-state index in [1.54, 1.807) is 12.1 Å². The maximum absolute atomic E-state index is 8.66. The highest BCUT2D eigenvalue weighted by atomic mass is 15.0. The molecule has 0 fully saturated rings. The van der Waals surface area contributed by atoms with Crippen LogP contribution in [0.5, 0.6) is 0 Å². The lowest BCUT2D eigenvalue weighted by molar-refractivity contribution is 1.07. The Morgan fingerprint density at radius 2 is 0.714 bits per heavy atom. The fourth-order valence-electron chi connectivity index (χ4n) is 7.65. The van der Waals surface area contributed by atoms with Gasteiger partial charge in [0.25, 0.3) is 0 Å². The number of rotatable bonds is 6.